The third kappa shape index (κ3) is 6.58. The first-order chi connectivity index (χ1) is 9.47. The van der Waals surface area contributed by atoms with Crippen molar-refractivity contribution in [1.82, 2.24) is 10.6 Å². The van der Waals surface area contributed by atoms with E-state index in [1.165, 1.54) is 24.3 Å². The lowest BCUT2D eigenvalue weighted by molar-refractivity contribution is -0.136. The van der Waals surface area contributed by atoms with Crippen LogP contribution < -0.4 is 15.4 Å². The molecule has 0 heterocycles. The zero-order valence-corrected chi connectivity index (χ0v) is 11.1. The maximum Gasteiger partial charge on any atom is 0.314 e. The van der Waals surface area contributed by atoms with E-state index >= 15 is 0 Å². The number of nitrogens with one attached hydrogen (secondary N) is 2. The van der Waals surface area contributed by atoms with Crippen molar-refractivity contribution in [3.8, 4) is 5.75 Å². The highest BCUT2D eigenvalue weighted by molar-refractivity contribution is 5.74. The molecule has 0 saturated carbocycles. The highest BCUT2D eigenvalue weighted by Gasteiger charge is 2.07. The Morgan fingerprint density at radius 3 is 2.55 bits per heavy atom. The average molecular weight is 284 g/mol. The van der Waals surface area contributed by atoms with E-state index in [-0.39, 0.29) is 31.4 Å². The molecule has 0 spiro atoms. The minimum Gasteiger partial charge on any atom is -0.489 e. The van der Waals surface area contributed by atoms with Gasteiger partial charge in [0, 0.05) is 6.54 Å². The first-order valence-electron chi connectivity index (χ1n) is 6.13. The molecule has 1 atom stereocenters. The molecule has 0 fully saturated rings. The van der Waals surface area contributed by atoms with Crippen LogP contribution in [0.5, 0.6) is 5.75 Å². The van der Waals surface area contributed by atoms with Gasteiger partial charge in [0.25, 0.3) is 0 Å². The highest BCUT2D eigenvalue weighted by Crippen LogP contribution is 2.12. The normalized spacial score (nSPS) is 11.5. The molecule has 0 aromatic heterocycles. The molecule has 3 N–H and O–H groups in total. The Hall–Kier alpha value is -2.31. The number of carboxylic acid groups (broad SMARTS) is 1. The first kappa shape index (κ1) is 15.7. The summed E-state index contributed by atoms with van der Waals surface area (Å²) in [7, 11) is 0. The van der Waals surface area contributed by atoms with Gasteiger partial charge in [-0.2, -0.15) is 0 Å². The van der Waals surface area contributed by atoms with Gasteiger partial charge in [0.2, 0.25) is 0 Å². The van der Waals surface area contributed by atoms with Gasteiger partial charge in [0.1, 0.15) is 17.7 Å². The fourth-order valence-electron chi connectivity index (χ4n) is 1.37. The Morgan fingerprint density at radius 2 is 1.95 bits per heavy atom. The summed E-state index contributed by atoms with van der Waals surface area (Å²) in [5.41, 5.74) is 0. The number of halogens is 1. The van der Waals surface area contributed by atoms with Gasteiger partial charge in [0.15, 0.2) is 0 Å². The van der Waals surface area contributed by atoms with Crippen molar-refractivity contribution < 1.29 is 23.8 Å². The van der Waals surface area contributed by atoms with Crippen molar-refractivity contribution in [1.29, 1.82) is 0 Å². The number of amides is 2. The van der Waals surface area contributed by atoms with Crippen LogP contribution in [0.1, 0.15) is 13.3 Å². The van der Waals surface area contributed by atoms with E-state index in [1.54, 1.807) is 6.92 Å². The number of rotatable bonds is 7. The third-order valence-corrected chi connectivity index (χ3v) is 2.33. The smallest absolute Gasteiger partial charge is 0.314 e. The standard InChI is InChI=1S/C13H17FN2O4/c1-9(20-11-4-2-10(14)3-5-11)8-16-13(19)15-7-6-12(17)18/h2-5,9H,6-8H2,1H3,(H,17,18)(H2,15,16,19). The Balaban J connectivity index is 2.22. The van der Waals surface area contributed by atoms with Crippen LogP contribution in [0.3, 0.4) is 0 Å². The van der Waals surface area contributed by atoms with E-state index in [9.17, 15) is 14.0 Å². The maximum atomic E-state index is 12.7. The second-order valence-corrected chi connectivity index (χ2v) is 4.16. The maximum absolute atomic E-state index is 12.7. The molecule has 0 radical (unpaired) electrons. The van der Waals surface area contributed by atoms with E-state index in [0.717, 1.165) is 0 Å². The largest absolute Gasteiger partial charge is 0.489 e. The van der Waals surface area contributed by atoms with Gasteiger partial charge >= 0.3 is 12.0 Å². The number of ether oxygens (including phenoxy) is 1. The fraction of sp³-hybridized carbons (Fsp3) is 0.385. The molecule has 1 aromatic rings. The van der Waals surface area contributed by atoms with Crippen LogP contribution in [0.15, 0.2) is 24.3 Å². The van der Waals surface area contributed by atoms with Gasteiger partial charge in [-0.15, -0.1) is 0 Å². The molecule has 1 aromatic carbocycles. The van der Waals surface area contributed by atoms with Crippen LogP contribution in [-0.2, 0) is 4.79 Å². The summed E-state index contributed by atoms with van der Waals surface area (Å²) >= 11 is 0. The predicted octanol–water partition coefficient (Wildman–Crippen LogP) is 1.37. The minimum absolute atomic E-state index is 0.0639. The second-order valence-electron chi connectivity index (χ2n) is 4.16. The Bertz CT molecular complexity index is 450. The van der Waals surface area contributed by atoms with E-state index in [0.29, 0.717) is 5.75 Å². The van der Waals surface area contributed by atoms with E-state index in [4.69, 9.17) is 9.84 Å². The molecule has 0 bridgehead atoms. The Kier molecular flexibility index (Phi) is 6.28. The van der Waals surface area contributed by atoms with Crippen molar-refractivity contribution in [3.05, 3.63) is 30.1 Å². The zero-order valence-electron chi connectivity index (χ0n) is 11.1. The lowest BCUT2D eigenvalue weighted by Crippen LogP contribution is -2.41. The molecule has 0 aliphatic carbocycles. The van der Waals surface area contributed by atoms with Crippen LogP contribution in [0.2, 0.25) is 0 Å². The fourth-order valence-corrected chi connectivity index (χ4v) is 1.37. The van der Waals surface area contributed by atoms with Gasteiger partial charge in [-0.1, -0.05) is 0 Å². The van der Waals surface area contributed by atoms with Gasteiger partial charge in [-0.25, -0.2) is 9.18 Å². The molecule has 20 heavy (non-hydrogen) atoms. The number of carbonyl (C=O) groups is 2. The topological polar surface area (TPSA) is 87.7 Å². The molecular formula is C13H17FN2O4. The van der Waals surface area contributed by atoms with Gasteiger partial charge in [-0.05, 0) is 31.2 Å². The lowest BCUT2D eigenvalue weighted by Gasteiger charge is -2.15. The molecule has 6 nitrogen and oxygen atoms in total. The van der Waals surface area contributed by atoms with Gasteiger partial charge in [-0.3, -0.25) is 4.79 Å². The number of benzene rings is 1. The molecule has 1 rings (SSSR count). The summed E-state index contributed by atoms with van der Waals surface area (Å²) in [5, 5.41) is 13.4. The Labute approximate surface area is 115 Å². The van der Waals surface area contributed by atoms with Crippen LogP contribution in [0.4, 0.5) is 9.18 Å². The van der Waals surface area contributed by atoms with Crippen LogP contribution in [-0.4, -0.2) is 36.3 Å². The minimum atomic E-state index is -0.974. The number of hydrogen-bond donors (Lipinski definition) is 3. The van der Waals surface area contributed by atoms with Gasteiger partial charge < -0.3 is 20.5 Å². The number of aliphatic carboxylic acids is 1. The summed E-state index contributed by atoms with van der Waals surface area (Å²) in [6.07, 6.45) is -0.430. The molecule has 0 saturated heterocycles. The zero-order chi connectivity index (χ0) is 15.0. The van der Waals surface area contributed by atoms with Crippen LogP contribution in [0, 0.1) is 5.82 Å². The SMILES string of the molecule is CC(CNC(=O)NCCC(=O)O)Oc1ccc(F)cc1. The van der Waals surface area contributed by atoms with Crippen molar-refractivity contribution in [3.63, 3.8) is 0 Å². The molecule has 0 aliphatic rings. The molecule has 2 amide bonds. The quantitative estimate of drug-likeness (QED) is 0.705. The molecule has 1 unspecified atom stereocenters. The number of carbonyl (C=O) groups excluding carboxylic acids is 1. The second kappa shape index (κ2) is 7.98. The highest BCUT2D eigenvalue weighted by atomic mass is 19.1. The monoisotopic (exact) mass is 284 g/mol. The third-order valence-electron chi connectivity index (χ3n) is 2.33. The van der Waals surface area contributed by atoms with Crippen molar-refractivity contribution in [2.24, 2.45) is 0 Å². The molecule has 0 aliphatic heterocycles. The van der Waals surface area contributed by atoms with Crippen LogP contribution >= 0.6 is 0 Å². The predicted molar refractivity (Wildman–Crippen MR) is 70.1 cm³/mol. The summed E-state index contributed by atoms with van der Waals surface area (Å²) in [6.45, 7) is 2.06. The Morgan fingerprint density at radius 1 is 1.30 bits per heavy atom. The average Bonchev–Trinajstić information content (AvgIpc) is 2.39. The molecule has 110 valence electrons. The molecular weight excluding hydrogens is 267 g/mol. The lowest BCUT2D eigenvalue weighted by atomic mass is 10.3. The van der Waals surface area contributed by atoms with Gasteiger partial charge in [0.05, 0.1) is 13.0 Å². The summed E-state index contributed by atoms with van der Waals surface area (Å²) < 4.78 is 18.1. The van der Waals surface area contributed by atoms with Crippen molar-refractivity contribution >= 4 is 12.0 Å². The molecule has 7 heteroatoms. The summed E-state index contributed by atoms with van der Waals surface area (Å²) in [6, 6.07) is 5.11. The summed E-state index contributed by atoms with van der Waals surface area (Å²) in [4.78, 5) is 21.6. The van der Waals surface area contributed by atoms with Crippen LogP contribution in [0.25, 0.3) is 0 Å². The van der Waals surface area contributed by atoms with E-state index < -0.39 is 12.0 Å². The van der Waals surface area contributed by atoms with E-state index in [2.05, 4.69) is 10.6 Å². The number of hydrogen-bond acceptors (Lipinski definition) is 3. The van der Waals surface area contributed by atoms with Crippen molar-refractivity contribution in [2.75, 3.05) is 13.1 Å². The number of carboxylic acids is 1. The van der Waals surface area contributed by atoms with Crippen molar-refractivity contribution in [2.45, 2.75) is 19.4 Å². The number of urea groups is 1. The summed E-state index contributed by atoms with van der Waals surface area (Å²) in [5.74, 6) is -0.814. The van der Waals surface area contributed by atoms with E-state index in [1.807, 2.05) is 0 Å². The first-order valence-corrected chi connectivity index (χ1v) is 6.13.